The summed E-state index contributed by atoms with van der Waals surface area (Å²) in [7, 11) is 0. The molecule has 2 N–H and O–H groups in total. The van der Waals surface area contributed by atoms with E-state index in [-0.39, 0.29) is 18.0 Å². The van der Waals surface area contributed by atoms with E-state index < -0.39 is 22.9 Å². The second kappa shape index (κ2) is 9.38. The van der Waals surface area contributed by atoms with Gasteiger partial charge < -0.3 is 15.5 Å². The summed E-state index contributed by atoms with van der Waals surface area (Å²) in [6.07, 6.45) is -0.749. The van der Waals surface area contributed by atoms with Crippen LogP contribution in [0.25, 0.3) is 0 Å². The van der Waals surface area contributed by atoms with Gasteiger partial charge in [-0.15, -0.1) is 11.8 Å². The largest absolute Gasteiger partial charge is 0.416 e. The minimum Gasteiger partial charge on any atom is -0.356 e. The zero-order valence-electron chi connectivity index (χ0n) is 16.3. The highest BCUT2D eigenvalue weighted by atomic mass is 32.2. The summed E-state index contributed by atoms with van der Waals surface area (Å²) >= 11 is 1.13. The molecule has 160 valence electrons. The van der Waals surface area contributed by atoms with E-state index >= 15 is 0 Å². The zero-order chi connectivity index (χ0) is 21.0. The van der Waals surface area contributed by atoms with Gasteiger partial charge in [0.05, 0.1) is 16.5 Å². The maximum absolute atomic E-state index is 12.8. The number of amides is 2. The number of carbonyl (C=O) groups is 2. The Morgan fingerprint density at radius 2 is 2.03 bits per heavy atom. The molecular weight excluding hydrogens is 403 g/mol. The molecular formula is C20H26F3N3O2S. The van der Waals surface area contributed by atoms with Crippen LogP contribution in [0.2, 0.25) is 0 Å². The standard InChI is InChI=1S/C20H26F3N3O2S/c1-13(12-26-7-3-2-4-8-26)11-24-18(27)10-17-19(28)25-15-9-14(20(21,22)23)5-6-16(15)29-17/h5-6,9,13,17H,2-4,7-8,10-12H2,1H3,(H,24,27)(H,25,28)/t13-,17+/m1/s1. The summed E-state index contributed by atoms with van der Waals surface area (Å²) in [5.41, 5.74) is -0.669. The highest BCUT2D eigenvalue weighted by Gasteiger charge is 2.34. The molecule has 2 amide bonds. The van der Waals surface area contributed by atoms with Gasteiger partial charge in [0.25, 0.3) is 0 Å². The van der Waals surface area contributed by atoms with Gasteiger partial charge in [0.15, 0.2) is 0 Å². The lowest BCUT2D eigenvalue weighted by Gasteiger charge is -2.29. The number of hydrogen-bond donors (Lipinski definition) is 2. The molecule has 0 aromatic heterocycles. The lowest BCUT2D eigenvalue weighted by Crippen LogP contribution is -2.39. The highest BCUT2D eigenvalue weighted by molar-refractivity contribution is 8.01. The second-order valence-electron chi connectivity index (χ2n) is 7.78. The van der Waals surface area contributed by atoms with Crippen molar-refractivity contribution in [2.24, 2.45) is 5.92 Å². The smallest absolute Gasteiger partial charge is 0.356 e. The Balaban J connectivity index is 1.49. The van der Waals surface area contributed by atoms with Crippen molar-refractivity contribution in [2.45, 2.75) is 48.9 Å². The normalized spacial score (nSPS) is 21.2. The van der Waals surface area contributed by atoms with Crippen LogP contribution in [0.15, 0.2) is 23.1 Å². The van der Waals surface area contributed by atoms with E-state index in [1.54, 1.807) is 0 Å². The summed E-state index contributed by atoms with van der Waals surface area (Å²) in [6, 6.07) is 3.26. The fraction of sp³-hybridized carbons (Fsp3) is 0.600. The summed E-state index contributed by atoms with van der Waals surface area (Å²) in [6.45, 7) is 5.78. The number of nitrogens with one attached hydrogen (secondary N) is 2. The first-order valence-corrected chi connectivity index (χ1v) is 10.8. The third-order valence-electron chi connectivity index (χ3n) is 5.16. The van der Waals surface area contributed by atoms with Crippen LogP contribution >= 0.6 is 11.8 Å². The molecule has 5 nitrogen and oxygen atoms in total. The number of halogens is 3. The van der Waals surface area contributed by atoms with Crippen LogP contribution in [-0.4, -0.2) is 48.1 Å². The lowest BCUT2D eigenvalue weighted by atomic mass is 10.1. The third-order valence-corrected chi connectivity index (χ3v) is 6.44. The monoisotopic (exact) mass is 429 g/mol. The third kappa shape index (κ3) is 6.12. The van der Waals surface area contributed by atoms with Gasteiger partial charge in [-0.2, -0.15) is 13.2 Å². The Kier molecular flexibility index (Phi) is 7.10. The minimum absolute atomic E-state index is 0.00655. The minimum atomic E-state index is -4.47. The number of hydrogen-bond acceptors (Lipinski definition) is 4. The zero-order valence-corrected chi connectivity index (χ0v) is 17.2. The maximum atomic E-state index is 12.8. The molecule has 29 heavy (non-hydrogen) atoms. The molecule has 1 aromatic rings. The van der Waals surface area contributed by atoms with Crippen molar-refractivity contribution < 1.29 is 22.8 Å². The quantitative estimate of drug-likeness (QED) is 0.723. The molecule has 0 saturated carbocycles. The van der Waals surface area contributed by atoms with E-state index in [9.17, 15) is 22.8 Å². The Morgan fingerprint density at radius 1 is 1.31 bits per heavy atom. The van der Waals surface area contributed by atoms with Crippen molar-refractivity contribution in [3.63, 3.8) is 0 Å². The molecule has 1 fully saturated rings. The average molecular weight is 430 g/mol. The number of rotatable bonds is 6. The predicted octanol–water partition coefficient (Wildman–Crippen LogP) is 3.75. The predicted molar refractivity (Wildman–Crippen MR) is 107 cm³/mol. The molecule has 0 unspecified atom stereocenters. The van der Waals surface area contributed by atoms with Crippen molar-refractivity contribution >= 4 is 29.3 Å². The number of thioether (sulfide) groups is 1. The molecule has 9 heteroatoms. The number of anilines is 1. The van der Waals surface area contributed by atoms with E-state index in [1.807, 2.05) is 0 Å². The van der Waals surface area contributed by atoms with E-state index in [0.717, 1.165) is 43.5 Å². The number of fused-ring (bicyclic) bond motifs is 1. The Morgan fingerprint density at radius 3 is 2.72 bits per heavy atom. The van der Waals surface area contributed by atoms with E-state index in [2.05, 4.69) is 22.5 Å². The van der Waals surface area contributed by atoms with Gasteiger partial charge in [0.1, 0.15) is 0 Å². The Hall–Kier alpha value is -1.74. The molecule has 0 bridgehead atoms. The average Bonchev–Trinajstić information content (AvgIpc) is 2.66. The second-order valence-corrected chi connectivity index (χ2v) is 9.02. The summed E-state index contributed by atoms with van der Waals surface area (Å²) in [5.74, 6) is -0.358. The van der Waals surface area contributed by atoms with Gasteiger partial charge >= 0.3 is 6.18 Å². The van der Waals surface area contributed by atoms with E-state index in [1.165, 1.54) is 25.3 Å². The van der Waals surface area contributed by atoms with Crippen molar-refractivity contribution in [3.05, 3.63) is 23.8 Å². The van der Waals surface area contributed by atoms with Crippen molar-refractivity contribution in [3.8, 4) is 0 Å². The number of carbonyl (C=O) groups excluding carboxylic acids is 2. The van der Waals surface area contributed by atoms with E-state index in [0.29, 0.717) is 17.4 Å². The van der Waals surface area contributed by atoms with Crippen LogP contribution in [0.5, 0.6) is 0 Å². The Labute approximate surface area is 172 Å². The highest BCUT2D eigenvalue weighted by Crippen LogP contribution is 2.40. The first-order chi connectivity index (χ1) is 13.7. The number of alkyl halides is 3. The van der Waals surface area contributed by atoms with Crippen LogP contribution in [-0.2, 0) is 15.8 Å². The number of likely N-dealkylation sites (tertiary alicyclic amines) is 1. The lowest BCUT2D eigenvalue weighted by molar-refractivity contribution is -0.137. The summed E-state index contributed by atoms with van der Waals surface area (Å²) < 4.78 is 38.5. The molecule has 2 aliphatic rings. The van der Waals surface area contributed by atoms with Crippen molar-refractivity contribution in [1.82, 2.24) is 10.2 Å². The van der Waals surface area contributed by atoms with Gasteiger partial charge in [0.2, 0.25) is 11.8 Å². The van der Waals surface area contributed by atoms with Crippen LogP contribution in [0.3, 0.4) is 0 Å². The fourth-order valence-corrected chi connectivity index (χ4v) is 4.73. The first-order valence-electron chi connectivity index (χ1n) is 9.90. The molecule has 2 aliphatic heterocycles. The molecule has 3 rings (SSSR count). The van der Waals surface area contributed by atoms with Gasteiger partial charge in [-0.1, -0.05) is 13.3 Å². The molecule has 1 saturated heterocycles. The number of piperidine rings is 1. The molecule has 0 radical (unpaired) electrons. The van der Waals surface area contributed by atoms with Gasteiger partial charge in [-0.3, -0.25) is 9.59 Å². The van der Waals surface area contributed by atoms with Crippen molar-refractivity contribution in [2.75, 3.05) is 31.5 Å². The van der Waals surface area contributed by atoms with Crippen molar-refractivity contribution in [1.29, 1.82) is 0 Å². The van der Waals surface area contributed by atoms with Crippen LogP contribution in [0.1, 0.15) is 38.2 Å². The fourth-order valence-electron chi connectivity index (χ4n) is 3.64. The Bertz CT molecular complexity index is 751. The molecule has 0 aliphatic carbocycles. The number of benzene rings is 1. The molecule has 1 aromatic carbocycles. The topological polar surface area (TPSA) is 61.4 Å². The summed E-state index contributed by atoms with van der Waals surface area (Å²) in [4.78, 5) is 27.5. The first kappa shape index (κ1) is 22.0. The molecule has 2 heterocycles. The van der Waals surface area contributed by atoms with Gasteiger partial charge in [-0.05, 0) is 50.0 Å². The molecule has 0 spiro atoms. The SMILES string of the molecule is C[C@H](CNC(=O)C[C@@H]1Sc2ccc(C(F)(F)F)cc2NC1=O)CN1CCCCC1. The van der Waals surface area contributed by atoms with Crippen LogP contribution < -0.4 is 10.6 Å². The maximum Gasteiger partial charge on any atom is 0.416 e. The van der Waals surface area contributed by atoms with E-state index in [4.69, 9.17) is 0 Å². The van der Waals surface area contributed by atoms with Gasteiger partial charge in [0, 0.05) is 24.4 Å². The number of nitrogens with zero attached hydrogens (tertiary/aromatic N) is 1. The van der Waals surface area contributed by atoms with Gasteiger partial charge in [-0.25, -0.2) is 0 Å². The molecule has 2 atom stereocenters. The summed E-state index contributed by atoms with van der Waals surface area (Å²) in [5, 5.41) is 4.73. The van der Waals surface area contributed by atoms with Crippen LogP contribution in [0, 0.1) is 5.92 Å². The van der Waals surface area contributed by atoms with Crippen LogP contribution in [0.4, 0.5) is 18.9 Å².